The van der Waals surface area contributed by atoms with Crippen LogP contribution in [0.2, 0.25) is 0 Å². The predicted molar refractivity (Wildman–Crippen MR) is 112 cm³/mol. The highest BCUT2D eigenvalue weighted by Gasteiger charge is 2.39. The Labute approximate surface area is 168 Å². The maximum absolute atomic E-state index is 13.1. The maximum atomic E-state index is 13.1. The topological polar surface area (TPSA) is 59.2 Å². The van der Waals surface area contributed by atoms with Gasteiger partial charge >= 0.3 is 0 Å². The number of H-pyrrole nitrogens is 1. The van der Waals surface area contributed by atoms with Gasteiger partial charge in [0.2, 0.25) is 0 Å². The zero-order valence-corrected chi connectivity index (χ0v) is 15.9. The molecule has 1 heterocycles. The van der Waals surface area contributed by atoms with Crippen molar-refractivity contribution in [3.8, 4) is 5.75 Å². The van der Waals surface area contributed by atoms with Gasteiger partial charge in [0.1, 0.15) is 18.3 Å². The van der Waals surface area contributed by atoms with Gasteiger partial charge in [-0.25, -0.2) is 0 Å². The average Bonchev–Trinajstić information content (AvgIpc) is 3.24. The number of fused-ring (bicyclic) bond motifs is 2. The van der Waals surface area contributed by atoms with E-state index >= 15 is 0 Å². The number of carbonyl (C=O) groups excluding carboxylic acids is 2. The number of ketones is 2. The summed E-state index contributed by atoms with van der Waals surface area (Å²) in [5.41, 5.74) is 4.74. The van der Waals surface area contributed by atoms with Crippen LogP contribution >= 0.6 is 0 Å². The molecule has 142 valence electrons. The first-order chi connectivity index (χ1) is 14.1. The SMILES string of the molecule is Cc1c[nH]c2cc(C3C(=O)c4ccc(OCc5ccccc5)cc4C3=O)ccc12. The van der Waals surface area contributed by atoms with Crippen LogP contribution in [0.3, 0.4) is 0 Å². The number of aryl methyl sites for hydroxylation is 1. The van der Waals surface area contributed by atoms with Crippen LogP contribution in [0.4, 0.5) is 0 Å². The van der Waals surface area contributed by atoms with Crippen molar-refractivity contribution >= 4 is 22.5 Å². The highest BCUT2D eigenvalue weighted by molar-refractivity contribution is 6.30. The number of rotatable bonds is 4. The second-order valence-corrected chi connectivity index (χ2v) is 7.42. The van der Waals surface area contributed by atoms with Crippen LogP contribution in [0.5, 0.6) is 5.75 Å². The molecule has 0 bridgehead atoms. The van der Waals surface area contributed by atoms with Gasteiger partial charge in [-0.2, -0.15) is 0 Å². The fourth-order valence-electron chi connectivity index (χ4n) is 3.97. The van der Waals surface area contributed by atoms with E-state index in [1.54, 1.807) is 18.2 Å². The third-order valence-electron chi connectivity index (χ3n) is 5.54. The van der Waals surface area contributed by atoms with Crippen LogP contribution in [-0.2, 0) is 6.61 Å². The quantitative estimate of drug-likeness (QED) is 0.493. The van der Waals surface area contributed by atoms with Gasteiger partial charge in [0.05, 0.1) is 0 Å². The fraction of sp³-hybridized carbons (Fsp3) is 0.120. The van der Waals surface area contributed by atoms with Gasteiger partial charge in [-0.1, -0.05) is 42.5 Å². The van der Waals surface area contributed by atoms with Crippen LogP contribution in [0.1, 0.15) is 43.3 Å². The fourth-order valence-corrected chi connectivity index (χ4v) is 3.97. The molecule has 29 heavy (non-hydrogen) atoms. The summed E-state index contributed by atoms with van der Waals surface area (Å²) in [5, 5.41) is 1.10. The normalized spacial score (nSPS) is 15.7. The number of ether oxygens (including phenoxy) is 1. The van der Waals surface area contributed by atoms with Crippen molar-refractivity contribution in [2.24, 2.45) is 0 Å². The van der Waals surface area contributed by atoms with Gasteiger partial charge < -0.3 is 9.72 Å². The molecule has 1 aliphatic carbocycles. The van der Waals surface area contributed by atoms with Gasteiger partial charge in [-0.15, -0.1) is 0 Å². The molecule has 1 aromatic heterocycles. The number of benzene rings is 3. The Hall–Kier alpha value is -3.66. The van der Waals surface area contributed by atoms with Crippen molar-refractivity contribution in [2.75, 3.05) is 0 Å². The zero-order valence-electron chi connectivity index (χ0n) is 15.9. The molecule has 0 aliphatic heterocycles. The standard InChI is InChI=1S/C25H19NO3/c1-15-13-26-22-11-17(7-9-19(15)22)23-24(27)20-10-8-18(12-21(20)25(23)28)29-14-16-5-3-2-4-6-16/h2-13,23,26H,14H2,1H3. The third-order valence-corrected chi connectivity index (χ3v) is 5.54. The second kappa shape index (κ2) is 6.74. The Kier molecular flexibility index (Phi) is 4.06. The number of Topliss-reactive ketones (excluding diaryl/α,β-unsaturated/α-hetero) is 2. The summed E-state index contributed by atoms with van der Waals surface area (Å²) in [4.78, 5) is 29.3. The molecule has 0 fully saturated rings. The summed E-state index contributed by atoms with van der Waals surface area (Å²) < 4.78 is 5.83. The summed E-state index contributed by atoms with van der Waals surface area (Å²) >= 11 is 0. The van der Waals surface area contributed by atoms with Crippen LogP contribution in [0.15, 0.2) is 72.9 Å². The molecule has 0 saturated carbocycles. The molecule has 1 atom stereocenters. The van der Waals surface area contributed by atoms with Crippen LogP contribution in [0.25, 0.3) is 10.9 Å². The van der Waals surface area contributed by atoms with Crippen molar-refractivity contribution < 1.29 is 14.3 Å². The zero-order chi connectivity index (χ0) is 20.0. The van der Waals surface area contributed by atoms with Crippen molar-refractivity contribution in [1.82, 2.24) is 4.98 Å². The van der Waals surface area contributed by atoms with E-state index < -0.39 is 5.92 Å². The lowest BCUT2D eigenvalue weighted by Crippen LogP contribution is -2.12. The lowest BCUT2D eigenvalue weighted by Gasteiger charge is -2.08. The van der Waals surface area contributed by atoms with E-state index in [9.17, 15) is 9.59 Å². The van der Waals surface area contributed by atoms with E-state index in [1.807, 2.05) is 61.7 Å². The summed E-state index contributed by atoms with van der Waals surface area (Å²) in [6, 6.07) is 20.7. The van der Waals surface area contributed by atoms with E-state index in [2.05, 4.69) is 4.98 Å². The summed E-state index contributed by atoms with van der Waals surface area (Å²) in [6.07, 6.45) is 1.93. The molecule has 1 aliphatic rings. The highest BCUT2D eigenvalue weighted by atomic mass is 16.5. The smallest absolute Gasteiger partial charge is 0.178 e. The molecule has 0 radical (unpaired) electrons. The lowest BCUT2D eigenvalue weighted by molar-refractivity contribution is 0.0890. The summed E-state index contributed by atoms with van der Waals surface area (Å²) in [7, 11) is 0. The minimum atomic E-state index is -0.789. The molecule has 4 aromatic rings. The monoisotopic (exact) mass is 381 g/mol. The Morgan fingerprint density at radius 1 is 0.897 bits per heavy atom. The largest absolute Gasteiger partial charge is 0.489 e. The van der Waals surface area contributed by atoms with Crippen molar-refractivity contribution in [3.05, 3.63) is 101 Å². The first kappa shape index (κ1) is 17.4. The van der Waals surface area contributed by atoms with E-state index in [0.29, 0.717) is 23.5 Å². The summed E-state index contributed by atoms with van der Waals surface area (Å²) in [5.74, 6) is -0.521. The molecule has 4 heteroatoms. The van der Waals surface area contributed by atoms with Gasteiger partial charge in [0.15, 0.2) is 11.6 Å². The lowest BCUT2D eigenvalue weighted by atomic mass is 9.93. The number of aromatic amines is 1. The molecule has 3 aromatic carbocycles. The third kappa shape index (κ3) is 2.93. The van der Waals surface area contributed by atoms with E-state index in [0.717, 1.165) is 27.6 Å². The molecular weight excluding hydrogens is 362 g/mol. The minimum absolute atomic E-state index is 0.151. The Morgan fingerprint density at radius 3 is 2.52 bits per heavy atom. The number of carbonyl (C=O) groups is 2. The van der Waals surface area contributed by atoms with Crippen molar-refractivity contribution in [2.45, 2.75) is 19.4 Å². The van der Waals surface area contributed by atoms with E-state index in [1.165, 1.54) is 0 Å². The molecule has 5 rings (SSSR count). The number of nitrogens with one attached hydrogen (secondary N) is 1. The molecule has 0 spiro atoms. The molecule has 1 N–H and O–H groups in total. The molecule has 4 nitrogen and oxygen atoms in total. The average molecular weight is 381 g/mol. The van der Waals surface area contributed by atoms with Crippen molar-refractivity contribution in [1.29, 1.82) is 0 Å². The predicted octanol–water partition coefficient (Wildman–Crippen LogP) is 5.22. The number of aromatic nitrogens is 1. The number of hydrogen-bond donors (Lipinski definition) is 1. The molecule has 0 saturated heterocycles. The highest BCUT2D eigenvalue weighted by Crippen LogP contribution is 2.37. The first-order valence-corrected chi connectivity index (χ1v) is 9.58. The molecule has 1 unspecified atom stereocenters. The first-order valence-electron chi connectivity index (χ1n) is 9.58. The van der Waals surface area contributed by atoms with Gasteiger partial charge in [-0.3, -0.25) is 9.59 Å². The molecule has 0 amide bonds. The van der Waals surface area contributed by atoms with E-state index in [4.69, 9.17) is 4.74 Å². The Morgan fingerprint density at radius 2 is 1.69 bits per heavy atom. The molecular formula is C25H19NO3. The van der Waals surface area contributed by atoms with Crippen LogP contribution in [0, 0.1) is 6.92 Å². The van der Waals surface area contributed by atoms with Gasteiger partial charge in [-0.05, 0) is 47.9 Å². The summed E-state index contributed by atoms with van der Waals surface area (Å²) in [6.45, 7) is 2.44. The van der Waals surface area contributed by atoms with E-state index in [-0.39, 0.29) is 11.6 Å². The van der Waals surface area contributed by atoms with Crippen LogP contribution in [-0.4, -0.2) is 16.6 Å². The van der Waals surface area contributed by atoms with Crippen molar-refractivity contribution in [3.63, 3.8) is 0 Å². The van der Waals surface area contributed by atoms with Gasteiger partial charge in [0, 0.05) is 28.2 Å². The Bertz CT molecular complexity index is 1250. The minimum Gasteiger partial charge on any atom is -0.489 e. The Balaban J connectivity index is 1.44. The van der Waals surface area contributed by atoms with Crippen LogP contribution < -0.4 is 4.74 Å². The maximum Gasteiger partial charge on any atom is 0.178 e. The van der Waals surface area contributed by atoms with Gasteiger partial charge in [0.25, 0.3) is 0 Å². The second-order valence-electron chi connectivity index (χ2n) is 7.42. The number of hydrogen-bond acceptors (Lipinski definition) is 3.